The monoisotopic (exact) mass is 248 g/mol. The summed E-state index contributed by atoms with van der Waals surface area (Å²) in [4.78, 5) is 11.9. The smallest absolute Gasteiger partial charge is 0.261 e. The molecule has 7 heteroatoms. The molecule has 0 aliphatic rings. The lowest BCUT2D eigenvalue weighted by atomic mass is 10.4. The lowest BCUT2D eigenvalue weighted by Crippen LogP contribution is -2.22. The number of sulfonamides is 1. The molecule has 0 saturated heterocycles. The largest absolute Gasteiger partial charge is 0.352 e. The third-order valence-corrected chi connectivity index (χ3v) is 4.19. The van der Waals surface area contributed by atoms with Gasteiger partial charge in [0, 0.05) is 11.9 Å². The Morgan fingerprint density at radius 3 is 2.73 bits per heavy atom. The summed E-state index contributed by atoms with van der Waals surface area (Å²) < 4.78 is 24.9. The van der Waals surface area contributed by atoms with Gasteiger partial charge in [0.25, 0.3) is 5.91 Å². The maximum Gasteiger partial charge on any atom is 0.261 e. The van der Waals surface area contributed by atoms with Crippen molar-refractivity contribution in [3.63, 3.8) is 0 Å². The van der Waals surface area contributed by atoms with E-state index in [4.69, 9.17) is 0 Å². The van der Waals surface area contributed by atoms with Crippen LogP contribution in [-0.2, 0) is 10.0 Å². The zero-order chi connectivity index (χ0) is 11.5. The molecule has 0 aliphatic carbocycles. The van der Waals surface area contributed by atoms with Crippen LogP contribution in [0.3, 0.4) is 0 Å². The van der Waals surface area contributed by atoms with Crippen LogP contribution in [0.5, 0.6) is 0 Å². The molecule has 0 saturated carbocycles. The third-order valence-electron chi connectivity index (χ3n) is 1.72. The van der Waals surface area contributed by atoms with Crippen LogP contribution in [0.2, 0.25) is 0 Å². The van der Waals surface area contributed by atoms with E-state index in [0.29, 0.717) is 11.4 Å². The van der Waals surface area contributed by atoms with Gasteiger partial charge in [-0.25, -0.2) is 13.1 Å². The van der Waals surface area contributed by atoms with Crippen molar-refractivity contribution in [2.75, 3.05) is 13.6 Å². The van der Waals surface area contributed by atoms with Crippen LogP contribution in [0, 0.1) is 0 Å². The molecular weight excluding hydrogens is 236 g/mol. The predicted molar refractivity (Wildman–Crippen MR) is 58.6 cm³/mol. The number of carbonyl (C=O) groups excluding carboxylic acids is 1. The standard InChI is InChI=1S/C8H12N2O3S2/c1-3-10-8(11)7-4-6(5-14-7)15(12,13)9-2/h4-5,9H,3H2,1-2H3,(H,10,11). The normalized spacial score (nSPS) is 11.3. The first-order chi connectivity index (χ1) is 7.01. The fourth-order valence-corrected chi connectivity index (χ4v) is 2.86. The van der Waals surface area contributed by atoms with Crippen molar-refractivity contribution in [3.8, 4) is 0 Å². The maximum absolute atomic E-state index is 11.4. The van der Waals surface area contributed by atoms with Crippen molar-refractivity contribution >= 4 is 27.3 Å². The van der Waals surface area contributed by atoms with E-state index in [1.807, 2.05) is 0 Å². The molecule has 1 aromatic heterocycles. The quantitative estimate of drug-likeness (QED) is 0.810. The minimum atomic E-state index is -3.45. The third kappa shape index (κ3) is 2.77. The molecule has 0 aromatic carbocycles. The van der Waals surface area contributed by atoms with Gasteiger partial charge in [0.1, 0.15) is 0 Å². The summed E-state index contributed by atoms with van der Waals surface area (Å²) in [6, 6.07) is 1.36. The number of nitrogens with one attached hydrogen (secondary N) is 2. The van der Waals surface area contributed by atoms with Crippen LogP contribution in [0.25, 0.3) is 0 Å². The molecule has 0 unspecified atom stereocenters. The second-order valence-electron chi connectivity index (χ2n) is 2.71. The Morgan fingerprint density at radius 2 is 2.20 bits per heavy atom. The molecule has 0 spiro atoms. The Balaban J connectivity index is 2.95. The lowest BCUT2D eigenvalue weighted by molar-refractivity contribution is 0.0960. The molecule has 0 aliphatic heterocycles. The highest BCUT2D eigenvalue weighted by atomic mass is 32.2. The number of hydrogen-bond acceptors (Lipinski definition) is 4. The van der Waals surface area contributed by atoms with Crippen molar-refractivity contribution < 1.29 is 13.2 Å². The summed E-state index contributed by atoms with van der Waals surface area (Å²) >= 11 is 1.11. The molecular formula is C8H12N2O3S2. The Bertz CT molecular complexity index is 450. The minimum absolute atomic E-state index is 0.122. The molecule has 0 fully saturated rings. The van der Waals surface area contributed by atoms with Crippen LogP contribution in [0.1, 0.15) is 16.6 Å². The van der Waals surface area contributed by atoms with E-state index in [0.717, 1.165) is 11.3 Å². The number of hydrogen-bond donors (Lipinski definition) is 2. The van der Waals surface area contributed by atoms with E-state index in [9.17, 15) is 13.2 Å². The SMILES string of the molecule is CCNC(=O)c1cc(S(=O)(=O)NC)cs1. The van der Waals surface area contributed by atoms with Crippen molar-refractivity contribution in [1.29, 1.82) is 0 Å². The summed E-state index contributed by atoms with van der Waals surface area (Å²) in [5.41, 5.74) is 0. The van der Waals surface area contributed by atoms with Crippen molar-refractivity contribution in [1.82, 2.24) is 10.0 Å². The zero-order valence-electron chi connectivity index (χ0n) is 8.40. The van der Waals surface area contributed by atoms with Gasteiger partial charge in [0.05, 0.1) is 9.77 Å². The van der Waals surface area contributed by atoms with Crippen LogP contribution < -0.4 is 10.0 Å². The average Bonchev–Trinajstić information content (AvgIpc) is 2.67. The molecule has 0 radical (unpaired) electrons. The van der Waals surface area contributed by atoms with E-state index in [1.165, 1.54) is 18.5 Å². The van der Waals surface area contributed by atoms with Gasteiger partial charge in [0.2, 0.25) is 10.0 Å². The van der Waals surface area contributed by atoms with Crippen LogP contribution in [-0.4, -0.2) is 27.9 Å². The van der Waals surface area contributed by atoms with Crippen molar-refractivity contribution in [3.05, 3.63) is 16.3 Å². The summed E-state index contributed by atoms with van der Waals surface area (Å²) in [6.07, 6.45) is 0. The highest BCUT2D eigenvalue weighted by molar-refractivity contribution is 7.89. The molecule has 0 atom stereocenters. The number of carbonyl (C=O) groups is 1. The van der Waals surface area contributed by atoms with E-state index >= 15 is 0 Å². The first kappa shape index (κ1) is 12.2. The van der Waals surface area contributed by atoms with Crippen molar-refractivity contribution in [2.24, 2.45) is 0 Å². The molecule has 5 nitrogen and oxygen atoms in total. The van der Waals surface area contributed by atoms with Crippen LogP contribution in [0.15, 0.2) is 16.3 Å². The molecule has 1 rings (SSSR count). The van der Waals surface area contributed by atoms with E-state index < -0.39 is 10.0 Å². The Kier molecular flexibility index (Phi) is 3.83. The van der Waals surface area contributed by atoms with Gasteiger partial charge >= 0.3 is 0 Å². The van der Waals surface area contributed by atoms with E-state index in [-0.39, 0.29) is 10.8 Å². The number of thiophene rings is 1. The minimum Gasteiger partial charge on any atom is -0.352 e. The van der Waals surface area contributed by atoms with Gasteiger partial charge in [-0.15, -0.1) is 11.3 Å². The average molecular weight is 248 g/mol. The first-order valence-corrected chi connectivity index (χ1v) is 6.68. The number of amides is 1. The summed E-state index contributed by atoms with van der Waals surface area (Å²) in [7, 11) is -2.11. The van der Waals surface area contributed by atoms with Gasteiger partial charge in [-0.3, -0.25) is 4.79 Å². The highest BCUT2D eigenvalue weighted by Crippen LogP contribution is 2.18. The molecule has 1 aromatic rings. The maximum atomic E-state index is 11.4. The van der Waals surface area contributed by atoms with Gasteiger partial charge < -0.3 is 5.32 Å². The van der Waals surface area contributed by atoms with Gasteiger partial charge in [0.15, 0.2) is 0 Å². The summed E-state index contributed by atoms with van der Waals surface area (Å²) in [5.74, 6) is -0.250. The molecule has 1 amide bonds. The van der Waals surface area contributed by atoms with E-state index in [2.05, 4.69) is 10.0 Å². The lowest BCUT2D eigenvalue weighted by Gasteiger charge is -1.98. The summed E-state index contributed by atoms with van der Waals surface area (Å²) in [5, 5.41) is 4.04. The van der Waals surface area contributed by atoms with Gasteiger partial charge in [-0.05, 0) is 20.0 Å². The molecule has 15 heavy (non-hydrogen) atoms. The molecule has 0 bridgehead atoms. The predicted octanol–water partition coefficient (Wildman–Crippen LogP) is 0.406. The fraction of sp³-hybridized carbons (Fsp3) is 0.375. The second kappa shape index (κ2) is 4.73. The Morgan fingerprint density at radius 1 is 1.53 bits per heavy atom. The summed E-state index contributed by atoms with van der Waals surface area (Å²) in [6.45, 7) is 2.32. The fourth-order valence-electron chi connectivity index (χ4n) is 0.944. The number of rotatable bonds is 4. The second-order valence-corrected chi connectivity index (χ2v) is 5.51. The molecule has 84 valence electrons. The van der Waals surface area contributed by atoms with Crippen molar-refractivity contribution in [2.45, 2.75) is 11.8 Å². The molecule has 2 N–H and O–H groups in total. The van der Waals surface area contributed by atoms with Gasteiger partial charge in [-0.1, -0.05) is 0 Å². The zero-order valence-corrected chi connectivity index (χ0v) is 10.0. The van der Waals surface area contributed by atoms with E-state index in [1.54, 1.807) is 6.92 Å². The Labute approximate surface area is 92.6 Å². The van der Waals surface area contributed by atoms with Crippen LogP contribution >= 0.6 is 11.3 Å². The first-order valence-electron chi connectivity index (χ1n) is 4.31. The highest BCUT2D eigenvalue weighted by Gasteiger charge is 2.16. The topological polar surface area (TPSA) is 75.3 Å². The Hall–Kier alpha value is -0.920. The molecule has 1 heterocycles. The van der Waals surface area contributed by atoms with Gasteiger partial charge in [-0.2, -0.15) is 0 Å². The van der Waals surface area contributed by atoms with Crippen LogP contribution in [0.4, 0.5) is 0 Å².